The van der Waals surface area contributed by atoms with Crippen molar-refractivity contribution in [2.24, 2.45) is 5.73 Å². The third-order valence-corrected chi connectivity index (χ3v) is 3.37. The number of hydrogen-bond donors (Lipinski definition) is 2. The maximum absolute atomic E-state index is 10.3. The SMILES string of the molecule is Cc1c(C(C)(C)N)cc(C(C)(C)C)c(O)c1C. The average molecular weight is 235 g/mol. The predicted molar refractivity (Wildman–Crippen MR) is 73.5 cm³/mol. The number of phenolic OH excluding ortho intramolecular Hbond substituents is 1. The summed E-state index contributed by atoms with van der Waals surface area (Å²) >= 11 is 0. The van der Waals surface area contributed by atoms with E-state index in [0.29, 0.717) is 5.75 Å². The molecule has 0 aliphatic rings. The molecule has 0 aliphatic heterocycles. The fourth-order valence-corrected chi connectivity index (χ4v) is 2.14. The van der Waals surface area contributed by atoms with E-state index < -0.39 is 0 Å². The van der Waals surface area contributed by atoms with Gasteiger partial charge in [0.25, 0.3) is 0 Å². The van der Waals surface area contributed by atoms with Crippen molar-refractivity contribution in [1.82, 2.24) is 0 Å². The number of aromatic hydroxyl groups is 1. The van der Waals surface area contributed by atoms with E-state index in [1.807, 2.05) is 27.7 Å². The summed E-state index contributed by atoms with van der Waals surface area (Å²) in [5.41, 5.74) is 9.84. The van der Waals surface area contributed by atoms with Crippen LogP contribution in [-0.2, 0) is 11.0 Å². The second kappa shape index (κ2) is 4.02. The van der Waals surface area contributed by atoms with Crippen LogP contribution >= 0.6 is 0 Å². The first kappa shape index (κ1) is 14.0. The number of benzene rings is 1. The minimum Gasteiger partial charge on any atom is -0.507 e. The predicted octanol–water partition coefficient (Wildman–Crippen LogP) is 3.50. The molecule has 1 aromatic carbocycles. The van der Waals surface area contributed by atoms with Crippen LogP contribution in [0.5, 0.6) is 5.75 Å². The molecule has 0 unspecified atom stereocenters. The summed E-state index contributed by atoms with van der Waals surface area (Å²) in [6.07, 6.45) is 0. The molecule has 1 aromatic rings. The van der Waals surface area contributed by atoms with Crippen molar-refractivity contribution in [3.63, 3.8) is 0 Å². The zero-order valence-electron chi connectivity index (χ0n) is 12.1. The second-order valence-corrected chi connectivity index (χ2v) is 6.54. The molecule has 2 heteroatoms. The average Bonchev–Trinajstić information content (AvgIpc) is 2.10. The highest BCUT2D eigenvalue weighted by Gasteiger charge is 2.26. The van der Waals surface area contributed by atoms with Crippen molar-refractivity contribution >= 4 is 0 Å². The summed E-state index contributed by atoms with van der Waals surface area (Å²) in [4.78, 5) is 0. The van der Waals surface area contributed by atoms with E-state index in [9.17, 15) is 5.11 Å². The van der Waals surface area contributed by atoms with Crippen LogP contribution < -0.4 is 5.73 Å². The van der Waals surface area contributed by atoms with Gasteiger partial charge in [-0.2, -0.15) is 0 Å². The molecule has 0 saturated heterocycles. The molecule has 0 radical (unpaired) electrons. The fourth-order valence-electron chi connectivity index (χ4n) is 2.14. The van der Waals surface area contributed by atoms with Gasteiger partial charge in [-0.05, 0) is 61.4 Å². The molecule has 17 heavy (non-hydrogen) atoms. The summed E-state index contributed by atoms with van der Waals surface area (Å²) in [6, 6.07) is 2.05. The Morgan fingerprint density at radius 2 is 1.41 bits per heavy atom. The molecule has 0 spiro atoms. The first-order valence-corrected chi connectivity index (χ1v) is 6.09. The lowest BCUT2D eigenvalue weighted by Gasteiger charge is -2.29. The Morgan fingerprint density at radius 1 is 0.941 bits per heavy atom. The molecule has 3 N–H and O–H groups in total. The first-order valence-electron chi connectivity index (χ1n) is 6.09. The zero-order chi connectivity index (χ0) is 13.6. The van der Waals surface area contributed by atoms with Gasteiger partial charge < -0.3 is 10.8 Å². The van der Waals surface area contributed by atoms with Gasteiger partial charge in [0.05, 0.1) is 0 Å². The van der Waals surface area contributed by atoms with E-state index in [0.717, 1.165) is 22.3 Å². The molecule has 0 aliphatic carbocycles. The third kappa shape index (κ3) is 2.63. The Morgan fingerprint density at radius 3 is 1.76 bits per heavy atom. The molecular weight excluding hydrogens is 210 g/mol. The van der Waals surface area contributed by atoms with Crippen molar-refractivity contribution in [2.45, 2.75) is 59.4 Å². The molecule has 0 amide bonds. The maximum Gasteiger partial charge on any atom is 0.122 e. The van der Waals surface area contributed by atoms with Crippen LogP contribution in [0.25, 0.3) is 0 Å². The van der Waals surface area contributed by atoms with Gasteiger partial charge in [0.1, 0.15) is 5.75 Å². The minimum atomic E-state index is -0.386. The van der Waals surface area contributed by atoms with Crippen molar-refractivity contribution in [2.75, 3.05) is 0 Å². The maximum atomic E-state index is 10.3. The highest BCUT2D eigenvalue weighted by Crippen LogP contribution is 2.38. The summed E-state index contributed by atoms with van der Waals surface area (Å²) in [7, 11) is 0. The standard InChI is InChI=1S/C15H25NO/c1-9-10(2)13(17)12(14(3,4)5)8-11(9)15(6,7)16/h8,17H,16H2,1-7H3. The lowest BCUT2D eigenvalue weighted by Crippen LogP contribution is -2.30. The van der Waals surface area contributed by atoms with Crippen molar-refractivity contribution in [3.8, 4) is 5.75 Å². The van der Waals surface area contributed by atoms with Gasteiger partial charge in [-0.1, -0.05) is 20.8 Å². The van der Waals surface area contributed by atoms with Crippen molar-refractivity contribution in [3.05, 3.63) is 28.3 Å². The molecule has 96 valence electrons. The molecule has 0 fully saturated rings. The zero-order valence-corrected chi connectivity index (χ0v) is 12.1. The Balaban J connectivity index is 3.63. The van der Waals surface area contributed by atoms with Gasteiger partial charge in [0, 0.05) is 5.54 Å². The number of nitrogens with two attached hydrogens (primary N) is 1. The largest absolute Gasteiger partial charge is 0.507 e. The normalized spacial score (nSPS) is 12.9. The van der Waals surface area contributed by atoms with E-state index in [-0.39, 0.29) is 11.0 Å². The van der Waals surface area contributed by atoms with Crippen molar-refractivity contribution in [1.29, 1.82) is 0 Å². The molecule has 2 nitrogen and oxygen atoms in total. The molecule has 0 heterocycles. The Kier molecular flexibility index (Phi) is 3.32. The van der Waals surface area contributed by atoms with Crippen LogP contribution in [0.1, 0.15) is 56.9 Å². The monoisotopic (exact) mass is 235 g/mol. The highest BCUT2D eigenvalue weighted by atomic mass is 16.3. The Bertz CT molecular complexity index is 395. The van der Waals surface area contributed by atoms with Crippen LogP contribution in [-0.4, -0.2) is 5.11 Å². The lowest BCUT2D eigenvalue weighted by molar-refractivity contribution is 0.439. The number of phenols is 1. The third-order valence-electron chi connectivity index (χ3n) is 3.37. The summed E-state index contributed by atoms with van der Waals surface area (Å²) in [5.74, 6) is 0.406. The quantitative estimate of drug-likeness (QED) is 0.782. The Labute approximate surface area is 105 Å². The molecule has 0 bridgehead atoms. The van der Waals surface area contributed by atoms with Crippen LogP contribution in [0.15, 0.2) is 6.07 Å². The van der Waals surface area contributed by atoms with Crippen LogP contribution in [0, 0.1) is 13.8 Å². The van der Waals surface area contributed by atoms with Gasteiger partial charge in [-0.25, -0.2) is 0 Å². The van der Waals surface area contributed by atoms with Crippen LogP contribution in [0.3, 0.4) is 0 Å². The number of rotatable bonds is 1. The van der Waals surface area contributed by atoms with Gasteiger partial charge in [0.15, 0.2) is 0 Å². The summed E-state index contributed by atoms with van der Waals surface area (Å²) in [6.45, 7) is 14.3. The van der Waals surface area contributed by atoms with Gasteiger partial charge in [0.2, 0.25) is 0 Å². The smallest absolute Gasteiger partial charge is 0.122 e. The molecular formula is C15H25NO. The molecule has 0 aromatic heterocycles. The summed E-state index contributed by atoms with van der Waals surface area (Å²) < 4.78 is 0. The molecule has 0 atom stereocenters. The lowest BCUT2D eigenvalue weighted by atomic mass is 9.79. The van der Waals surface area contributed by atoms with Gasteiger partial charge >= 0.3 is 0 Å². The van der Waals surface area contributed by atoms with E-state index in [4.69, 9.17) is 5.73 Å². The molecule has 0 saturated carbocycles. The van der Waals surface area contributed by atoms with E-state index in [2.05, 4.69) is 26.8 Å². The van der Waals surface area contributed by atoms with Crippen LogP contribution in [0.4, 0.5) is 0 Å². The van der Waals surface area contributed by atoms with E-state index in [1.54, 1.807) is 0 Å². The highest BCUT2D eigenvalue weighted by molar-refractivity contribution is 5.52. The topological polar surface area (TPSA) is 46.2 Å². The molecule has 1 rings (SSSR count). The second-order valence-electron chi connectivity index (χ2n) is 6.54. The van der Waals surface area contributed by atoms with Crippen LogP contribution in [0.2, 0.25) is 0 Å². The minimum absolute atomic E-state index is 0.0808. The Hall–Kier alpha value is -1.02. The van der Waals surface area contributed by atoms with E-state index >= 15 is 0 Å². The van der Waals surface area contributed by atoms with Gasteiger partial charge in [-0.15, -0.1) is 0 Å². The summed E-state index contributed by atoms with van der Waals surface area (Å²) in [5, 5.41) is 10.3. The first-order chi connectivity index (χ1) is 7.46. The number of hydrogen-bond acceptors (Lipinski definition) is 2. The van der Waals surface area contributed by atoms with E-state index in [1.165, 1.54) is 0 Å². The van der Waals surface area contributed by atoms with Crippen molar-refractivity contribution < 1.29 is 5.11 Å². The fraction of sp³-hybridized carbons (Fsp3) is 0.600. The van der Waals surface area contributed by atoms with Gasteiger partial charge in [-0.3, -0.25) is 0 Å².